The molecule has 0 saturated carbocycles. The second-order valence-electron chi connectivity index (χ2n) is 11.5. The number of amides is 2. The molecule has 0 saturated heterocycles. The zero-order valence-electron chi connectivity index (χ0n) is 23.8. The first-order valence-electron chi connectivity index (χ1n) is 12.8. The molecule has 228 valence electrons. The molecule has 41 heavy (non-hydrogen) atoms. The second-order valence-corrected chi connectivity index (χ2v) is 16.3. The molecule has 0 aliphatic rings. The van der Waals surface area contributed by atoms with Crippen LogP contribution in [0.25, 0.3) is 11.3 Å². The van der Waals surface area contributed by atoms with Gasteiger partial charge in [-0.25, -0.2) is 0 Å². The van der Waals surface area contributed by atoms with Gasteiger partial charge in [-0.2, -0.15) is 26.3 Å². The highest BCUT2D eigenvalue weighted by atomic mass is 28.4. The number of carbonyl (C=O) groups excluding carboxylic acids is 2. The van der Waals surface area contributed by atoms with E-state index in [1.807, 2.05) is 0 Å². The Morgan fingerprint density at radius 1 is 0.951 bits per heavy atom. The lowest BCUT2D eigenvalue weighted by Crippen LogP contribution is -2.59. The van der Waals surface area contributed by atoms with Crippen LogP contribution >= 0.6 is 0 Å². The molecule has 2 atom stereocenters. The number of carbonyl (C=O) groups is 2. The standard InChI is InChI=1S/C27H35F6N3O4Si/c1-16(2)21(22(26(28,29)30)40-41(6,7)25(3,4)5)35-20(37)15-36-19(17-11-9-8-10-12-17)14-13-18(23(36)38)34-24(39)27(31,32)33/h8-14,16,21-22H,15H2,1-7H3,(H,34,39)(H,35,37). The number of hydrogen-bond acceptors (Lipinski definition) is 4. The molecule has 0 aliphatic heterocycles. The molecule has 1 heterocycles. The second kappa shape index (κ2) is 12.4. The Balaban J connectivity index is 2.52. The van der Waals surface area contributed by atoms with Crippen molar-refractivity contribution in [2.75, 3.05) is 5.32 Å². The van der Waals surface area contributed by atoms with E-state index < -0.39 is 73.4 Å². The minimum absolute atomic E-state index is 0.0988. The summed E-state index contributed by atoms with van der Waals surface area (Å²) in [6.07, 6.45) is -12.5. The van der Waals surface area contributed by atoms with E-state index in [4.69, 9.17) is 4.43 Å². The highest BCUT2D eigenvalue weighted by Crippen LogP contribution is 2.41. The molecule has 0 fully saturated rings. The number of anilines is 1. The van der Waals surface area contributed by atoms with Crippen molar-refractivity contribution in [3.63, 3.8) is 0 Å². The van der Waals surface area contributed by atoms with Gasteiger partial charge in [-0.05, 0) is 41.7 Å². The Morgan fingerprint density at radius 3 is 1.98 bits per heavy atom. The highest BCUT2D eigenvalue weighted by Gasteiger charge is 2.52. The van der Waals surface area contributed by atoms with Crippen molar-refractivity contribution < 1.29 is 40.4 Å². The number of nitrogens with zero attached hydrogens (tertiary/aromatic N) is 1. The number of nitrogens with one attached hydrogen (secondary N) is 2. The van der Waals surface area contributed by atoms with Gasteiger partial charge < -0.3 is 15.1 Å². The monoisotopic (exact) mass is 607 g/mol. The topological polar surface area (TPSA) is 89.4 Å². The zero-order chi connectivity index (χ0) is 31.6. The van der Waals surface area contributed by atoms with Crippen molar-refractivity contribution in [1.82, 2.24) is 9.88 Å². The Hall–Kier alpha value is -3.13. The van der Waals surface area contributed by atoms with Crippen LogP contribution in [-0.4, -0.2) is 49.2 Å². The number of pyridine rings is 1. The quantitative estimate of drug-likeness (QED) is 0.266. The summed E-state index contributed by atoms with van der Waals surface area (Å²) < 4.78 is 87.9. The van der Waals surface area contributed by atoms with Gasteiger partial charge in [-0.3, -0.25) is 19.0 Å². The van der Waals surface area contributed by atoms with Gasteiger partial charge in [0.25, 0.3) is 5.56 Å². The maximum absolute atomic E-state index is 14.3. The first kappa shape index (κ1) is 34.1. The molecule has 0 spiro atoms. The molecule has 0 radical (unpaired) electrons. The van der Waals surface area contributed by atoms with Crippen LogP contribution in [0.4, 0.5) is 32.0 Å². The van der Waals surface area contributed by atoms with E-state index >= 15 is 0 Å². The van der Waals surface area contributed by atoms with Crippen LogP contribution in [0.2, 0.25) is 18.1 Å². The number of hydrogen-bond donors (Lipinski definition) is 2. The maximum Gasteiger partial charge on any atom is 0.471 e. The van der Waals surface area contributed by atoms with Gasteiger partial charge >= 0.3 is 18.3 Å². The van der Waals surface area contributed by atoms with Gasteiger partial charge in [0.1, 0.15) is 12.2 Å². The zero-order valence-corrected chi connectivity index (χ0v) is 24.8. The van der Waals surface area contributed by atoms with E-state index in [0.717, 1.165) is 10.6 Å². The van der Waals surface area contributed by atoms with Crippen molar-refractivity contribution in [2.45, 2.75) is 83.8 Å². The van der Waals surface area contributed by atoms with E-state index in [1.54, 1.807) is 64.2 Å². The molecule has 1 aromatic heterocycles. The Labute approximate surface area is 235 Å². The summed E-state index contributed by atoms with van der Waals surface area (Å²) in [5.74, 6) is -4.15. The highest BCUT2D eigenvalue weighted by molar-refractivity contribution is 6.74. The number of benzene rings is 1. The molecular weight excluding hydrogens is 572 g/mol. The first-order chi connectivity index (χ1) is 18.6. The number of alkyl halides is 6. The Morgan fingerprint density at radius 2 is 1.51 bits per heavy atom. The molecule has 2 amide bonds. The van der Waals surface area contributed by atoms with Crippen LogP contribution in [0, 0.1) is 5.92 Å². The first-order valence-corrected chi connectivity index (χ1v) is 15.7. The number of rotatable bonds is 9. The van der Waals surface area contributed by atoms with Crippen molar-refractivity contribution >= 4 is 25.8 Å². The van der Waals surface area contributed by atoms with Gasteiger partial charge in [-0.15, -0.1) is 0 Å². The lowest BCUT2D eigenvalue weighted by Gasteiger charge is -2.42. The Bertz CT molecular complexity index is 1290. The molecule has 7 nitrogen and oxygen atoms in total. The summed E-state index contributed by atoms with van der Waals surface area (Å²) in [6, 6.07) is 8.70. The molecular formula is C27H35F6N3O4Si. The Kier molecular flexibility index (Phi) is 10.3. The van der Waals surface area contributed by atoms with Crippen LogP contribution < -0.4 is 16.2 Å². The fourth-order valence-electron chi connectivity index (χ4n) is 3.69. The molecule has 2 unspecified atom stereocenters. The van der Waals surface area contributed by atoms with E-state index in [0.29, 0.717) is 5.56 Å². The maximum atomic E-state index is 14.3. The van der Waals surface area contributed by atoms with Crippen LogP contribution in [0.3, 0.4) is 0 Å². The van der Waals surface area contributed by atoms with Gasteiger partial charge in [0, 0.05) is 0 Å². The molecule has 2 aromatic rings. The molecule has 2 N–H and O–H groups in total. The minimum atomic E-state index is -5.28. The predicted molar refractivity (Wildman–Crippen MR) is 146 cm³/mol. The fraction of sp³-hybridized carbons (Fsp3) is 0.519. The molecule has 0 aliphatic carbocycles. The van der Waals surface area contributed by atoms with Crippen molar-refractivity contribution in [1.29, 1.82) is 0 Å². The van der Waals surface area contributed by atoms with Crippen molar-refractivity contribution in [3.8, 4) is 11.3 Å². The SMILES string of the molecule is CC(C)C(NC(=O)Cn1c(-c2ccccc2)ccc(NC(=O)C(F)(F)F)c1=O)C(O[Si](C)(C)C(C)(C)C)C(F)(F)F. The molecule has 14 heteroatoms. The molecule has 2 rings (SSSR count). The average Bonchev–Trinajstić information content (AvgIpc) is 2.82. The minimum Gasteiger partial charge on any atom is -0.404 e. The van der Waals surface area contributed by atoms with E-state index in [2.05, 4.69) is 5.32 Å². The third-order valence-electron chi connectivity index (χ3n) is 6.97. The summed E-state index contributed by atoms with van der Waals surface area (Å²) in [4.78, 5) is 37.8. The van der Waals surface area contributed by atoms with E-state index in [-0.39, 0.29) is 5.69 Å². The number of halogens is 6. The lowest BCUT2D eigenvalue weighted by molar-refractivity contribution is -0.210. The molecule has 1 aromatic carbocycles. The molecule has 0 bridgehead atoms. The van der Waals surface area contributed by atoms with Gasteiger partial charge in [-0.1, -0.05) is 65.0 Å². The smallest absolute Gasteiger partial charge is 0.404 e. The normalized spacial score (nSPS) is 14.5. The van der Waals surface area contributed by atoms with Crippen LogP contribution in [0.1, 0.15) is 34.6 Å². The summed E-state index contributed by atoms with van der Waals surface area (Å²) in [5, 5.41) is 3.27. The third kappa shape index (κ3) is 8.68. The predicted octanol–water partition coefficient (Wildman–Crippen LogP) is 6.11. The largest absolute Gasteiger partial charge is 0.471 e. The van der Waals surface area contributed by atoms with E-state index in [9.17, 15) is 40.7 Å². The summed E-state index contributed by atoms with van der Waals surface area (Å²) in [7, 11) is -2.97. The lowest BCUT2D eigenvalue weighted by atomic mass is 9.98. The van der Waals surface area contributed by atoms with Crippen molar-refractivity contribution in [2.24, 2.45) is 5.92 Å². The number of aromatic nitrogens is 1. The van der Waals surface area contributed by atoms with Gasteiger partial charge in [0.15, 0.2) is 14.4 Å². The summed E-state index contributed by atoms with van der Waals surface area (Å²) in [5.41, 5.74) is -1.40. The van der Waals surface area contributed by atoms with Crippen LogP contribution in [-0.2, 0) is 20.6 Å². The van der Waals surface area contributed by atoms with Crippen LogP contribution in [0.5, 0.6) is 0 Å². The van der Waals surface area contributed by atoms with E-state index in [1.165, 1.54) is 25.2 Å². The third-order valence-corrected chi connectivity index (χ3v) is 11.4. The van der Waals surface area contributed by atoms with Crippen LogP contribution in [0.15, 0.2) is 47.3 Å². The fourth-order valence-corrected chi connectivity index (χ4v) is 4.96. The summed E-state index contributed by atoms with van der Waals surface area (Å²) >= 11 is 0. The summed E-state index contributed by atoms with van der Waals surface area (Å²) in [6.45, 7) is 10.7. The van der Waals surface area contributed by atoms with Gasteiger partial charge in [0.05, 0.1) is 11.7 Å². The average molecular weight is 608 g/mol. The van der Waals surface area contributed by atoms with Gasteiger partial charge in [0.2, 0.25) is 5.91 Å². The van der Waals surface area contributed by atoms with Crippen molar-refractivity contribution in [3.05, 3.63) is 52.8 Å².